The Bertz CT molecular complexity index is 181. The monoisotopic (exact) mass is 155 g/mol. The predicted octanol–water partition coefficient (Wildman–Crippen LogP) is 1.44. The number of amides is 1. The van der Waals surface area contributed by atoms with Crippen LogP contribution in [0.25, 0.3) is 0 Å². The fourth-order valence-electron chi connectivity index (χ4n) is 2.58. The molecule has 1 amide bonds. The van der Waals surface area contributed by atoms with Crippen molar-refractivity contribution in [3.63, 3.8) is 0 Å². The Morgan fingerprint density at radius 1 is 1.36 bits per heavy atom. The Labute approximate surface area is 65.8 Å². The summed E-state index contributed by atoms with van der Waals surface area (Å²) in [6.07, 6.45) is 4.03. The van der Waals surface area contributed by atoms with Gasteiger partial charge in [0.05, 0.1) is 0 Å². The van der Waals surface area contributed by atoms with E-state index in [1.165, 1.54) is 19.3 Å². The Balaban J connectivity index is 1.92. The maximum atomic E-state index is 10.3. The Morgan fingerprint density at radius 3 is 2.64 bits per heavy atom. The Kier molecular flexibility index (Phi) is 1.51. The zero-order chi connectivity index (χ0) is 7.84. The highest BCUT2D eigenvalue weighted by molar-refractivity contribution is 5.65. The molecule has 62 valence electrons. The second-order valence-corrected chi connectivity index (χ2v) is 3.73. The minimum Gasteiger partial charge on any atom is -0.465 e. The van der Waals surface area contributed by atoms with Crippen molar-refractivity contribution >= 4 is 6.09 Å². The SMILES string of the molecule is O=C(O)NC1CC2CCC1C2. The van der Waals surface area contributed by atoms with Gasteiger partial charge in [-0.25, -0.2) is 4.79 Å². The molecule has 0 spiro atoms. The molecule has 0 aromatic carbocycles. The molecule has 3 atom stereocenters. The third kappa shape index (κ3) is 1.19. The third-order valence-corrected chi connectivity index (χ3v) is 3.05. The lowest BCUT2D eigenvalue weighted by atomic mass is 9.96. The number of nitrogens with one attached hydrogen (secondary N) is 1. The van der Waals surface area contributed by atoms with Gasteiger partial charge in [-0.05, 0) is 31.1 Å². The van der Waals surface area contributed by atoms with E-state index in [9.17, 15) is 4.79 Å². The quantitative estimate of drug-likeness (QED) is 0.602. The van der Waals surface area contributed by atoms with Gasteiger partial charge in [-0.1, -0.05) is 6.42 Å². The van der Waals surface area contributed by atoms with Crippen LogP contribution < -0.4 is 5.32 Å². The van der Waals surface area contributed by atoms with E-state index in [1.54, 1.807) is 0 Å². The van der Waals surface area contributed by atoms with Gasteiger partial charge in [0.15, 0.2) is 0 Å². The standard InChI is InChI=1S/C8H13NO2/c10-8(11)9-7-4-5-1-2-6(7)3-5/h5-7,9H,1-4H2,(H,10,11). The molecule has 2 rings (SSSR count). The zero-order valence-electron chi connectivity index (χ0n) is 6.42. The van der Waals surface area contributed by atoms with Crippen LogP contribution in [0.4, 0.5) is 4.79 Å². The number of carboxylic acid groups (broad SMARTS) is 1. The van der Waals surface area contributed by atoms with Gasteiger partial charge in [-0.2, -0.15) is 0 Å². The second kappa shape index (κ2) is 2.40. The average molecular weight is 155 g/mol. The third-order valence-electron chi connectivity index (χ3n) is 3.05. The van der Waals surface area contributed by atoms with Crippen LogP contribution in [-0.2, 0) is 0 Å². The summed E-state index contributed by atoms with van der Waals surface area (Å²) in [5.41, 5.74) is 0. The van der Waals surface area contributed by atoms with Gasteiger partial charge in [0, 0.05) is 6.04 Å². The number of carbonyl (C=O) groups is 1. The van der Waals surface area contributed by atoms with Crippen molar-refractivity contribution in [2.24, 2.45) is 11.8 Å². The first-order chi connectivity index (χ1) is 5.25. The van der Waals surface area contributed by atoms with E-state index in [1.807, 2.05) is 0 Å². The summed E-state index contributed by atoms with van der Waals surface area (Å²) in [4.78, 5) is 10.3. The molecule has 3 unspecified atom stereocenters. The number of hydrogen-bond acceptors (Lipinski definition) is 1. The van der Waals surface area contributed by atoms with Crippen molar-refractivity contribution in [3.05, 3.63) is 0 Å². The van der Waals surface area contributed by atoms with E-state index in [0.29, 0.717) is 5.92 Å². The van der Waals surface area contributed by atoms with Gasteiger partial charge in [0.2, 0.25) is 0 Å². The van der Waals surface area contributed by atoms with E-state index in [-0.39, 0.29) is 6.04 Å². The van der Waals surface area contributed by atoms with Crippen molar-refractivity contribution in [3.8, 4) is 0 Å². The summed E-state index contributed by atoms with van der Waals surface area (Å²) >= 11 is 0. The van der Waals surface area contributed by atoms with Gasteiger partial charge in [-0.3, -0.25) is 0 Å². The molecule has 2 bridgehead atoms. The zero-order valence-corrected chi connectivity index (χ0v) is 6.42. The summed E-state index contributed by atoms with van der Waals surface area (Å²) < 4.78 is 0. The molecule has 0 aromatic heterocycles. The normalized spacial score (nSPS) is 40.9. The topological polar surface area (TPSA) is 49.3 Å². The first kappa shape index (κ1) is 6.95. The summed E-state index contributed by atoms with van der Waals surface area (Å²) in [6, 6.07) is 0.270. The molecule has 3 heteroatoms. The van der Waals surface area contributed by atoms with Crippen molar-refractivity contribution < 1.29 is 9.90 Å². The highest BCUT2D eigenvalue weighted by atomic mass is 16.4. The first-order valence-corrected chi connectivity index (χ1v) is 4.25. The van der Waals surface area contributed by atoms with Crippen molar-refractivity contribution in [1.82, 2.24) is 5.32 Å². The van der Waals surface area contributed by atoms with Crippen LogP contribution in [0.1, 0.15) is 25.7 Å². The number of fused-ring (bicyclic) bond motifs is 2. The van der Waals surface area contributed by atoms with Crippen LogP contribution in [0.15, 0.2) is 0 Å². The number of rotatable bonds is 1. The fourth-order valence-corrected chi connectivity index (χ4v) is 2.58. The summed E-state index contributed by atoms with van der Waals surface area (Å²) in [6.45, 7) is 0. The highest BCUT2D eigenvalue weighted by Gasteiger charge is 2.39. The molecule has 2 N–H and O–H groups in total. The molecular formula is C8H13NO2. The molecule has 2 saturated carbocycles. The molecule has 0 aliphatic heterocycles. The van der Waals surface area contributed by atoms with Crippen LogP contribution in [0, 0.1) is 11.8 Å². The molecule has 2 fully saturated rings. The lowest BCUT2D eigenvalue weighted by Crippen LogP contribution is -2.37. The van der Waals surface area contributed by atoms with E-state index in [0.717, 1.165) is 12.3 Å². The van der Waals surface area contributed by atoms with Crippen LogP contribution >= 0.6 is 0 Å². The van der Waals surface area contributed by atoms with Gasteiger partial charge in [0.25, 0.3) is 0 Å². The Morgan fingerprint density at radius 2 is 2.18 bits per heavy atom. The van der Waals surface area contributed by atoms with Crippen LogP contribution in [0.5, 0.6) is 0 Å². The largest absolute Gasteiger partial charge is 0.465 e. The van der Waals surface area contributed by atoms with Crippen LogP contribution in [0.3, 0.4) is 0 Å². The molecule has 0 saturated heterocycles. The molecule has 0 heterocycles. The predicted molar refractivity (Wildman–Crippen MR) is 40.4 cm³/mol. The smallest absolute Gasteiger partial charge is 0.404 e. The maximum absolute atomic E-state index is 10.3. The van der Waals surface area contributed by atoms with E-state index in [4.69, 9.17) is 5.11 Å². The summed E-state index contributed by atoms with van der Waals surface area (Å²) in [7, 11) is 0. The molecule has 2 aliphatic rings. The molecule has 3 nitrogen and oxygen atoms in total. The summed E-state index contributed by atoms with van der Waals surface area (Å²) in [5.74, 6) is 1.47. The summed E-state index contributed by atoms with van der Waals surface area (Å²) in [5, 5.41) is 11.1. The van der Waals surface area contributed by atoms with E-state index in [2.05, 4.69) is 5.32 Å². The van der Waals surface area contributed by atoms with Gasteiger partial charge in [0.1, 0.15) is 0 Å². The average Bonchev–Trinajstić information content (AvgIpc) is 2.45. The molecule has 2 aliphatic carbocycles. The second-order valence-electron chi connectivity index (χ2n) is 3.73. The van der Waals surface area contributed by atoms with Crippen molar-refractivity contribution in [2.45, 2.75) is 31.7 Å². The minimum absolute atomic E-state index is 0.270. The van der Waals surface area contributed by atoms with Crippen molar-refractivity contribution in [2.75, 3.05) is 0 Å². The fraction of sp³-hybridized carbons (Fsp3) is 0.875. The van der Waals surface area contributed by atoms with Gasteiger partial charge >= 0.3 is 6.09 Å². The van der Waals surface area contributed by atoms with E-state index < -0.39 is 6.09 Å². The lowest BCUT2D eigenvalue weighted by Gasteiger charge is -2.20. The van der Waals surface area contributed by atoms with Crippen LogP contribution in [0.2, 0.25) is 0 Å². The maximum Gasteiger partial charge on any atom is 0.404 e. The molecular weight excluding hydrogens is 142 g/mol. The van der Waals surface area contributed by atoms with Gasteiger partial charge < -0.3 is 10.4 Å². The molecule has 0 radical (unpaired) electrons. The van der Waals surface area contributed by atoms with E-state index >= 15 is 0 Å². The minimum atomic E-state index is -0.859. The number of hydrogen-bond donors (Lipinski definition) is 2. The lowest BCUT2D eigenvalue weighted by molar-refractivity contribution is 0.184. The van der Waals surface area contributed by atoms with Crippen LogP contribution in [-0.4, -0.2) is 17.2 Å². The van der Waals surface area contributed by atoms with Gasteiger partial charge in [-0.15, -0.1) is 0 Å². The molecule has 11 heavy (non-hydrogen) atoms. The highest BCUT2D eigenvalue weighted by Crippen LogP contribution is 2.44. The first-order valence-electron chi connectivity index (χ1n) is 4.25. The molecule has 0 aromatic rings. The Hall–Kier alpha value is -0.730. The van der Waals surface area contributed by atoms with Crippen molar-refractivity contribution in [1.29, 1.82) is 0 Å².